The molecule has 0 saturated carbocycles. The molecular formula is C19H18F3NO2. The highest BCUT2D eigenvalue weighted by molar-refractivity contribution is 5.94. The van der Waals surface area contributed by atoms with Crippen molar-refractivity contribution in [3.05, 3.63) is 71.3 Å². The molecule has 2 aromatic carbocycles. The van der Waals surface area contributed by atoms with Gasteiger partial charge in [0.05, 0.1) is 24.8 Å². The second-order valence-electron chi connectivity index (χ2n) is 6.11. The summed E-state index contributed by atoms with van der Waals surface area (Å²) in [5, 5.41) is 0. The van der Waals surface area contributed by atoms with Gasteiger partial charge in [-0.1, -0.05) is 30.3 Å². The lowest BCUT2D eigenvalue weighted by Gasteiger charge is -2.38. The van der Waals surface area contributed by atoms with E-state index in [1.807, 2.05) is 37.3 Å². The van der Waals surface area contributed by atoms with E-state index in [0.29, 0.717) is 13.2 Å². The average Bonchev–Trinajstić information content (AvgIpc) is 2.62. The van der Waals surface area contributed by atoms with Crippen LogP contribution in [-0.2, 0) is 10.9 Å². The lowest BCUT2D eigenvalue weighted by Crippen LogP contribution is -2.48. The number of morpholine rings is 1. The first-order valence-electron chi connectivity index (χ1n) is 8.01. The van der Waals surface area contributed by atoms with Crippen LogP contribution in [0.25, 0.3) is 0 Å². The molecule has 0 bridgehead atoms. The zero-order valence-electron chi connectivity index (χ0n) is 13.7. The lowest BCUT2D eigenvalue weighted by atomic mass is 10.0. The number of alkyl halides is 3. The number of ether oxygens (including phenoxy) is 1. The van der Waals surface area contributed by atoms with Gasteiger partial charge < -0.3 is 9.64 Å². The maximum Gasteiger partial charge on any atom is 0.416 e. The number of hydrogen-bond donors (Lipinski definition) is 0. The van der Waals surface area contributed by atoms with Crippen LogP contribution in [0.15, 0.2) is 54.6 Å². The van der Waals surface area contributed by atoms with Gasteiger partial charge in [0.15, 0.2) is 0 Å². The van der Waals surface area contributed by atoms with Crippen molar-refractivity contribution in [1.29, 1.82) is 0 Å². The number of carbonyl (C=O) groups excluding carboxylic acids is 1. The molecule has 25 heavy (non-hydrogen) atoms. The Labute approximate surface area is 144 Å². The molecule has 1 saturated heterocycles. The Morgan fingerprint density at radius 3 is 2.32 bits per heavy atom. The molecule has 1 aliphatic rings. The third-order valence-corrected chi connectivity index (χ3v) is 4.32. The molecule has 132 valence electrons. The van der Waals surface area contributed by atoms with Crippen LogP contribution in [0.3, 0.4) is 0 Å². The Kier molecular flexibility index (Phi) is 4.81. The molecule has 3 nitrogen and oxygen atoms in total. The molecule has 1 heterocycles. The summed E-state index contributed by atoms with van der Waals surface area (Å²) in [5.74, 6) is -0.287. The van der Waals surface area contributed by atoms with E-state index in [2.05, 4.69) is 0 Å². The van der Waals surface area contributed by atoms with E-state index in [0.717, 1.165) is 17.7 Å². The van der Waals surface area contributed by atoms with Gasteiger partial charge in [0.2, 0.25) is 0 Å². The maximum atomic E-state index is 12.7. The van der Waals surface area contributed by atoms with Gasteiger partial charge in [-0.25, -0.2) is 0 Å². The first-order valence-corrected chi connectivity index (χ1v) is 8.01. The largest absolute Gasteiger partial charge is 0.416 e. The molecular weight excluding hydrogens is 331 g/mol. The Bertz CT molecular complexity index is 729. The number of amides is 1. The third-order valence-electron chi connectivity index (χ3n) is 4.32. The minimum atomic E-state index is -4.41. The fraction of sp³-hybridized carbons (Fsp3) is 0.316. The van der Waals surface area contributed by atoms with E-state index in [1.54, 1.807) is 4.90 Å². The Hall–Kier alpha value is -2.34. The Balaban J connectivity index is 1.78. The van der Waals surface area contributed by atoms with Crippen molar-refractivity contribution in [3.63, 3.8) is 0 Å². The highest BCUT2D eigenvalue weighted by Crippen LogP contribution is 2.30. The van der Waals surface area contributed by atoms with Crippen LogP contribution < -0.4 is 0 Å². The Morgan fingerprint density at radius 2 is 1.72 bits per heavy atom. The van der Waals surface area contributed by atoms with Crippen molar-refractivity contribution >= 4 is 5.91 Å². The van der Waals surface area contributed by atoms with Crippen molar-refractivity contribution < 1.29 is 22.7 Å². The van der Waals surface area contributed by atoms with Gasteiger partial charge in [-0.2, -0.15) is 13.2 Å². The molecule has 1 fully saturated rings. The Morgan fingerprint density at radius 1 is 1.08 bits per heavy atom. The van der Waals surface area contributed by atoms with Crippen LogP contribution in [0.2, 0.25) is 0 Å². The van der Waals surface area contributed by atoms with Crippen LogP contribution >= 0.6 is 0 Å². The van der Waals surface area contributed by atoms with Crippen molar-refractivity contribution in [2.45, 2.75) is 25.2 Å². The van der Waals surface area contributed by atoms with Crippen LogP contribution in [-0.4, -0.2) is 30.0 Å². The normalized spacial score (nSPS) is 21.2. The molecule has 2 aromatic rings. The van der Waals surface area contributed by atoms with E-state index >= 15 is 0 Å². The average molecular weight is 349 g/mol. The lowest BCUT2D eigenvalue weighted by molar-refractivity contribution is -0.137. The van der Waals surface area contributed by atoms with Gasteiger partial charge in [0, 0.05) is 5.56 Å². The SMILES string of the molecule is CC1COC(c2ccccc2)CN1C(=O)c1ccc(C(F)(F)F)cc1. The molecule has 2 atom stereocenters. The number of rotatable bonds is 2. The smallest absolute Gasteiger partial charge is 0.370 e. The van der Waals surface area contributed by atoms with Gasteiger partial charge in [-0.15, -0.1) is 0 Å². The predicted molar refractivity (Wildman–Crippen MR) is 87.1 cm³/mol. The topological polar surface area (TPSA) is 29.5 Å². The molecule has 0 spiro atoms. The van der Waals surface area contributed by atoms with Crippen molar-refractivity contribution in [3.8, 4) is 0 Å². The molecule has 2 unspecified atom stereocenters. The maximum absolute atomic E-state index is 12.7. The first kappa shape index (κ1) is 17.5. The molecule has 3 rings (SSSR count). The minimum Gasteiger partial charge on any atom is -0.370 e. The zero-order valence-corrected chi connectivity index (χ0v) is 13.7. The van der Waals surface area contributed by atoms with Crippen LogP contribution in [0.4, 0.5) is 13.2 Å². The van der Waals surface area contributed by atoms with Crippen molar-refractivity contribution in [1.82, 2.24) is 4.90 Å². The summed E-state index contributed by atoms with van der Waals surface area (Å²) in [5.41, 5.74) is 0.453. The molecule has 0 N–H and O–H groups in total. The molecule has 1 amide bonds. The van der Waals surface area contributed by atoms with E-state index < -0.39 is 11.7 Å². The molecule has 0 radical (unpaired) electrons. The standard InChI is InChI=1S/C19H18F3NO2/c1-13-12-25-17(14-5-3-2-4-6-14)11-23(13)18(24)15-7-9-16(10-8-15)19(20,21)22/h2-10,13,17H,11-12H2,1H3. The van der Waals surface area contributed by atoms with Gasteiger partial charge in [0.1, 0.15) is 6.10 Å². The van der Waals surface area contributed by atoms with E-state index in [-0.39, 0.29) is 23.6 Å². The highest BCUT2D eigenvalue weighted by Gasteiger charge is 2.33. The van der Waals surface area contributed by atoms with E-state index in [4.69, 9.17) is 4.74 Å². The van der Waals surface area contributed by atoms with Gasteiger partial charge >= 0.3 is 6.18 Å². The highest BCUT2D eigenvalue weighted by atomic mass is 19.4. The number of nitrogens with zero attached hydrogens (tertiary/aromatic N) is 1. The fourth-order valence-electron chi connectivity index (χ4n) is 2.88. The van der Waals surface area contributed by atoms with Crippen LogP contribution in [0, 0.1) is 0 Å². The number of benzene rings is 2. The van der Waals surface area contributed by atoms with Crippen molar-refractivity contribution in [2.75, 3.05) is 13.2 Å². The first-order chi connectivity index (χ1) is 11.9. The summed E-state index contributed by atoms with van der Waals surface area (Å²) in [6.45, 7) is 2.61. The molecule has 6 heteroatoms. The predicted octanol–water partition coefficient (Wildman–Crippen LogP) is 4.31. The van der Waals surface area contributed by atoms with Crippen LogP contribution in [0.5, 0.6) is 0 Å². The summed E-state index contributed by atoms with van der Waals surface area (Å²) in [6, 6.07) is 13.8. The minimum absolute atomic E-state index is 0.144. The second kappa shape index (κ2) is 6.88. The van der Waals surface area contributed by atoms with Gasteiger partial charge in [-0.05, 0) is 36.8 Å². The molecule has 1 aliphatic heterocycles. The zero-order chi connectivity index (χ0) is 18.0. The summed E-state index contributed by atoms with van der Waals surface area (Å²) in [6.07, 6.45) is -4.65. The summed E-state index contributed by atoms with van der Waals surface area (Å²) in [4.78, 5) is 14.4. The quantitative estimate of drug-likeness (QED) is 0.809. The van der Waals surface area contributed by atoms with Crippen molar-refractivity contribution in [2.24, 2.45) is 0 Å². The monoisotopic (exact) mass is 349 g/mol. The summed E-state index contributed by atoms with van der Waals surface area (Å²) >= 11 is 0. The van der Waals surface area contributed by atoms with Gasteiger partial charge in [-0.3, -0.25) is 4.79 Å². The number of halogens is 3. The third kappa shape index (κ3) is 3.85. The fourth-order valence-corrected chi connectivity index (χ4v) is 2.88. The molecule has 0 aromatic heterocycles. The summed E-state index contributed by atoms with van der Waals surface area (Å²) in [7, 11) is 0. The van der Waals surface area contributed by atoms with Crippen LogP contribution in [0.1, 0.15) is 34.5 Å². The van der Waals surface area contributed by atoms with Gasteiger partial charge in [0.25, 0.3) is 5.91 Å². The second-order valence-corrected chi connectivity index (χ2v) is 6.11. The summed E-state index contributed by atoms with van der Waals surface area (Å²) < 4.78 is 43.8. The number of hydrogen-bond acceptors (Lipinski definition) is 2. The number of carbonyl (C=O) groups is 1. The van der Waals surface area contributed by atoms with E-state index in [1.165, 1.54) is 12.1 Å². The molecule has 0 aliphatic carbocycles. The van der Waals surface area contributed by atoms with E-state index in [9.17, 15) is 18.0 Å².